The minimum Gasteiger partial charge on any atom is -0.387 e. The molecular formula is C18H20BrNO. The van der Waals surface area contributed by atoms with Gasteiger partial charge in [0.05, 0.1) is 6.10 Å². The van der Waals surface area contributed by atoms with Crippen molar-refractivity contribution in [1.82, 2.24) is 4.90 Å². The number of aliphatic hydroxyl groups excluding tert-OH is 1. The summed E-state index contributed by atoms with van der Waals surface area (Å²) in [6.45, 7) is 3.88. The van der Waals surface area contributed by atoms with E-state index in [4.69, 9.17) is 0 Å². The second kappa shape index (κ2) is 6.30. The molecule has 2 aromatic rings. The first-order chi connectivity index (χ1) is 10.1. The topological polar surface area (TPSA) is 23.5 Å². The highest BCUT2D eigenvalue weighted by Crippen LogP contribution is 2.29. The van der Waals surface area contributed by atoms with Crippen LogP contribution in [0.5, 0.6) is 0 Å². The fourth-order valence-corrected chi connectivity index (χ4v) is 3.33. The lowest BCUT2D eigenvalue weighted by molar-refractivity contribution is 0.0985. The zero-order valence-electron chi connectivity index (χ0n) is 12.2. The number of hydrogen-bond donors (Lipinski definition) is 1. The van der Waals surface area contributed by atoms with E-state index >= 15 is 0 Å². The second-order valence-corrected chi connectivity index (χ2v) is 6.60. The molecule has 0 aliphatic carbocycles. The SMILES string of the molecule is CC(c1ccc(Br)cc1)N1CCc2ccccc2C(O)C1. The Kier molecular flexibility index (Phi) is 4.43. The van der Waals surface area contributed by atoms with Gasteiger partial charge >= 0.3 is 0 Å². The molecule has 1 N–H and O–H groups in total. The summed E-state index contributed by atoms with van der Waals surface area (Å²) in [7, 11) is 0. The molecule has 110 valence electrons. The molecule has 21 heavy (non-hydrogen) atoms. The number of benzene rings is 2. The molecule has 0 radical (unpaired) electrons. The molecule has 3 rings (SSSR count). The van der Waals surface area contributed by atoms with E-state index in [9.17, 15) is 5.11 Å². The summed E-state index contributed by atoms with van der Waals surface area (Å²) in [6, 6.07) is 17.0. The number of halogens is 1. The predicted octanol–water partition coefficient (Wildman–Crippen LogP) is 4.10. The van der Waals surface area contributed by atoms with E-state index in [1.807, 2.05) is 12.1 Å². The predicted molar refractivity (Wildman–Crippen MR) is 89.2 cm³/mol. The van der Waals surface area contributed by atoms with Crippen molar-refractivity contribution in [3.8, 4) is 0 Å². The van der Waals surface area contributed by atoms with Crippen LogP contribution in [-0.2, 0) is 6.42 Å². The van der Waals surface area contributed by atoms with Crippen LogP contribution < -0.4 is 0 Å². The Morgan fingerprint density at radius 3 is 2.62 bits per heavy atom. The highest BCUT2D eigenvalue weighted by molar-refractivity contribution is 9.10. The zero-order chi connectivity index (χ0) is 14.8. The molecular weight excluding hydrogens is 326 g/mol. The van der Waals surface area contributed by atoms with Crippen molar-refractivity contribution in [1.29, 1.82) is 0 Å². The van der Waals surface area contributed by atoms with Crippen molar-refractivity contribution in [2.75, 3.05) is 13.1 Å². The maximum Gasteiger partial charge on any atom is 0.0919 e. The maximum absolute atomic E-state index is 10.5. The lowest BCUT2D eigenvalue weighted by atomic mass is 10.0. The molecule has 3 heteroatoms. The fraction of sp³-hybridized carbons (Fsp3) is 0.333. The van der Waals surface area contributed by atoms with Crippen LogP contribution in [0.1, 0.15) is 35.8 Å². The lowest BCUT2D eigenvalue weighted by Gasteiger charge is -2.29. The third-order valence-corrected chi connectivity index (χ3v) is 4.92. The first-order valence-electron chi connectivity index (χ1n) is 7.40. The molecule has 2 aromatic carbocycles. The van der Waals surface area contributed by atoms with E-state index in [0.29, 0.717) is 12.6 Å². The Hall–Kier alpha value is -1.16. The van der Waals surface area contributed by atoms with E-state index in [2.05, 4.69) is 64.2 Å². The first kappa shape index (κ1) is 14.8. The molecule has 1 aliphatic rings. The standard InChI is InChI=1S/C18H20BrNO/c1-13(14-6-8-16(19)9-7-14)20-11-10-15-4-2-3-5-17(15)18(21)12-20/h2-9,13,18,21H,10-12H2,1H3. The van der Waals surface area contributed by atoms with Crippen molar-refractivity contribution in [3.05, 3.63) is 69.7 Å². The molecule has 1 heterocycles. The number of hydrogen-bond acceptors (Lipinski definition) is 2. The van der Waals surface area contributed by atoms with Gasteiger partial charge in [-0.25, -0.2) is 0 Å². The fourth-order valence-electron chi connectivity index (χ4n) is 3.07. The van der Waals surface area contributed by atoms with E-state index in [1.54, 1.807) is 0 Å². The van der Waals surface area contributed by atoms with Crippen LogP contribution in [-0.4, -0.2) is 23.1 Å². The van der Waals surface area contributed by atoms with Gasteiger partial charge in [0.15, 0.2) is 0 Å². The Labute approximate surface area is 134 Å². The second-order valence-electron chi connectivity index (χ2n) is 5.69. The summed E-state index contributed by atoms with van der Waals surface area (Å²) in [5, 5.41) is 10.5. The molecule has 1 aliphatic heterocycles. The molecule has 0 bridgehead atoms. The lowest BCUT2D eigenvalue weighted by Crippen LogP contribution is -2.31. The largest absolute Gasteiger partial charge is 0.387 e. The van der Waals surface area contributed by atoms with Gasteiger partial charge in [-0.2, -0.15) is 0 Å². The Balaban J connectivity index is 1.80. The van der Waals surface area contributed by atoms with Crippen molar-refractivity contribution in [2.45, 2.75) is 25.5 Å². The normalized spacial score (nSPS) is 20.6. The average molecular weight is 346 g/mol. The number of fused-ring (bicyclic) bond motifs is 1. The summed E-state index contributed by atoms with van der Waals surface area (Å²) in [4.78, 5) is 2.37. The monoisotopic (exact) mass is 345 g/mol. The number of aliphatic hydroxyl groups is 1. The number of nitrogens with zero attached hydrogens (tertiary/aromatic N) is 1. The minimum atomic E-state index is -0.401. The number of rotatable bonds is 2. The smallest absolute Gasteiger partial charge is 0.0919 e. The van der Waals surface area contributed by atoms with Crippen molar-refractivity contribution in [3.63, 3.8) is 0 Å². The van der Waals surface area contributed by atoms with Gasteiger partial charge in [0, 0.05) is 23.6 Å². The van der Waals surface area contributed by atoms with Crippen LogP contribution in [0.3, 0.4) is 0 Å². The molecule has 2 nitrogen and oxygen atoms in total. The van der Waals surface area contributed by atoms with Gasteiger partial charge in [-0.1, -0.05) is 52.3 Å². The zero-order valence-corrected chi connectivity index (χ0v) is 13.8. The van der Waals surface area contributed by atoms with Crippen molar-refractivity contribution in [2.24, 2.45) is 0 Å². The molecule has 2 atom stereocenters. The summed E-state index contributed by atoms with van der Waals surface area (Å²) in [5.41, 5.74) is 3.65. The van der Waals surface area contributed by atoms with Crippen LogP contribution in [0.15, 0.2) is 53.0 Å². The number of β-amino-alcohol motifs (C(OH)–C–C–N with tert-alkyl or cyclic N) is 1. The summed E-state index contributed by atoms with van der Waals surface area (Å²) in [6.07, 6.45) is 0.593. The highest BCUT2D eigenvalue weighted by atomic mass is 79.9. The summed E-state index contributed by atoms with van der Waals surface area (Å²) < 4.78 is 1.10. The van der Waals surface area contributed by atoms with Gasteiger partial charge < -0.3 is 5.11 Å². The Morgan fingerprint density at radius 1 is 1.14 bits per heavy atom. The molecule has 0 amide bonds. The molecule has 0 aromatic heterocycles. The van der Waals surface area contributed by atoms with E-state index < -0.39 is 6.10 Å². The first-order valence-corrected chi connectivity index (χ1v) is 8.20. The van der Waals surface area contributed by atoms with Crippen LogP contribution >= 0.6 is 15.9 Å². The van der Waals surface area contributed by atoms with Gasteiger partial charge in [0.2, 0.25) is 0 Å². The van der Waals surface area contributed by atoms with Gasteiger partial charge in [0.25, 0.3) is 0 Å². The Morgan fingerprint density at radius 2 is 1.86 bits per heavy atom. The third kappa shape index (κ3) is 3.20. The van der Waals surface area contributed by atoms with Crippen molar-refractivity contribution >= 4 is 15.9 Å². The minimum absolute atomic E-state index is 0.307. The Bertz CT molecular complexity index is 611. The van der Waals surface area contributed by atoms with Gasteiger partial charge in [0.1, 0.15) is 0 Å². The van der Waals surface area contributed by atoms with Crippen LogP contribution in [0.25, 0.3) is 0 Å². The third-order valence-electron chi connectivity index (χ3n) is 4.39. The molecule has 0 saturated carbocycles. The van der Waals surface area contributed by atoms with E-state index in [0.717, 1.165) is 23.0 Å². The summed E-state index contributed by atoms with van der Waals surface area (Å²) >= 11 is 3.48. The molecule has 2 unspecified atom stereocenters. The van der Waals surface area contributed by atoms with Gasteiger partial charge in [-0.05, 0) is 42.2 Å². The van der Waals surface area contributed by atoms with E-state index in [1.165, 1.54) is 11.1 Å². The van der Waals surface area contributed by atoms with Crippen LogP contribution in [0, 0.1) is 0 Å². The summed E-state index contributed by atoms with van der Waals surface area (Å²) in [5.74, 6) is 0. The van der Waals surface area contributed by atoms with Crippen molar-refractivity contribution < 1.29 is 5.11 Å². The van der Waals surface area contributed by atoms with E-state index in [-0.39, 0.29) is 0 Å². The van der Waals surface area contributed by atoms with Gasteiger partial charge in [-0.15, -0.1) is 0 Å². The average Bonchev–Trinajstić information content (AvgIpc) is 2.67. The maximum atomic E-state index is 10.5. The van der Waals surface area contributed by atoms with Gasteiger partial charge in [-0.3, -0.25) is 4.90 Å². The molecule has 0 fully saturated rings. The van der Waals surface area contributed by atoms with Crippen LogP contribution in [0.2, 0.25) is 0 Å². The molecule has 0 saturated heterocycles. The molecule has 0 spiro atoms. The quantitative estimate of drug-likeness (QED) is 0.885. The highest BCUT2D eigenvalue weighted by Gasteiger charge is 2.24. The van der Waals surface area contributed by atoms with Crippen LogP contribution in [0.4, 0.5) is 0 Å².